The van der Waals surface area contributed by atoms with E-state index in [9.17, 15) is 0 Å². The van der Waals surface area contributed by atoms with Crippen molar-refractivity contribution < 1.29 is 4.42 Å². The Balaban J connectivity index is 1.17. The van der Waals surface area contributed by atoms with Crippen LogP contribution in [0.15, 0.2) is 156 Å². The first kappa shape index (κ1) is 24.9. The third-order valence-electron chi connectivity index (χ3n) is 7.79. The SMILES string of the molecule is c1ccc(-c2cc(-c3ccc(-c4ccc5oc6ccccc6c5c4)cc3)nc(-c3ccc(-c4ccccn4)cc3)n2)cc1. The molecule has 4 nitrogen and oxygen atoms in total. The van der Waals surface area contributed by atoms with Gasteiger partial charge in [0.15, 0.2) is 5.82 Å². The molecule has 202 valence electrons. The molecule has 3 aromatic heterocycles. The maximum Gasteiger partial charge on any atom is 0.160 e. The summed E-state index contributed by atoms with van der Waals surface area (Å²) in [7, 11) is 0. The van der Waals surface area contributed by atoms with Crippen molar-refractivity contribution in [3.8, 4) is 56.3 Å². The molecule has 0 aliphatic rings. The Labute approximate surface area is 249 Å². The summed E-state index contributed by atoms with van der Waals surface area (Å²) in [6, 6.07) is 49.7. The van der Waals surface area contributed by atoms with Gasteiger partial charge in [0.1, 0.15) is 11.2 Å². The molecule has 0 unspecified atom stereocenters. The minimum atomic E-state index is 0.685. The van der Waals surface area contributed by atoms with Gasteiger partial charge >= 0.3 is 0 Å². The zero-order valence-electron chi connectivity index (χ0n) is 23.2. The van der Waals surface area contributed by atoms with Crippen molar-refractivity contribution >= 4 is 21.9 Å². The van der Waals surface area contributed by atoms with Crippen LogP contribution in [0.5, 0.6) is 0 Å². The lowest BCUT2D eigenvalue weighted by atomic mass is 10.00. The van der Waals surface area contributed by atoms with Gasteiger partial charge in [0.2, 0.25) is 0 Å². The molecule has 43 heavy (non-hydrogen) atoms. The molecule has 0 aliphatic carbocycles. The first-order chi connectivity index (χ1) is 21.3. The van der Waals surface area contributed by atoms with E-state index in [1.807, 2.05) is 60.8 Å². The minimum Gasteiger partial charge on any atom is -0.456 e. The predicted octanol–water partition coefficient (Wildman–Crippen LogP) is 10.1. The lowest BCUT2D eigenvalue weighted by molar-refractivity contribution is 0.669. The fourth-order valence-corrected chi connectivity index (χ4v) is 5.54. The molecule has 0 fully saturated rings. The number of para-hydroxylation sites is 1. The molecule has 0 bridgehead atoms. The Morgan fingerprint density at radius 2 is 0.953 bits per heavy atom. The number of hydrogen-bond donors (Lipinski definition) is 0. The molecular weight excluding hydrogens is 526 g/mol. The number of fused-ring (bicyclic) bond motifs is 3. The van der Waals surface area contributed by atoms with Crippen LogP contribution >= 0.6 is 0 Å². The van der Waals surface area contributed by atoms with E-state index in [4.69, 9.17) is 14.4 Å². The van der Waals surface area contributed by atoms with Gasteiger partial charge in [-0.1, -0.05) is 109 Å². The van der Waals surface area contributed by atoms with Crippen LogP contribution in [0.25, 0.3) is 78.2 Å². The molecule has 0 saturated carbocycles. The quantitative estimate of drug-likeness (QED) is 0.214. The normalized spacial score (nSPS) is 11.3. The molecule has 4 heteroatoms. The highest BCUT2D eigenvalue weighted by Crippen LogP contribution is 2.34. The highest BCUT2D eigenvalue weighted by atomic mass is 16.3. The maximum absolute atomic E-state index is 6.03. The van der Waals surface area contributed by atoms with Crippen LogP contribution in [0, 0.1) is 0 Å². The smallest absolute Gasteiger partial charge is 0.160 e. The lowest BCUT2D eigenvalue weighted by Gasteiger charge is -2.10. The molecule has 0 N–H and O–H groups in total. The third-order valence-corrected chi connectivity index (χ3v) is 7.79. The maximum atomic E-state index is 6.03. The Morgan fingerprint density at radius 1 is 0.372 bits per heavy atom. The molecule has 0 spiro atoms. The van der Waals surface area contributed by atoms with Gasteiger partial charge in [-0.25, -0.2) is 9.97 Å². The van der Waals surface area contributed by atoms with Crippen LogP contribution in [0.4, 0.5) is 0 Å². The van der Waals surface area contributed by atoms with E-state index in [1.165, 1.54) is 0 Å². The van der Waals surface area contributed by atoms with E-state index in [2.05, 4.69) is 96.0 Å². The highest BCUT2D eigenvalue weighted by Gasteiger charge is 2.12. The largest absolute Gasteiger partial charge is 0.456 e. The van der Waals surface area contributed by atoms with E-state index < -0.39 is 0 Å². The summed E-state index contributed by atoms with van der Waals surface area (Å²) >= 11 is 0. The Kier molecular flexibility index (Phi) is 6.08. The van der Waals surface area contributed by atoms with Gasteiger partial charge < -0.3 is 4.42 Å². The van der Waals surface area contributed by atoms with Crippen LogP contribution in [-0.4, -0.2) is 15.0 Å². The van der Waals surface area contributed by atoms with E-state index in [0.29, 0.717) is 5.82 Å². The highest BCUT2D eigenvalue weighted by molar-refractivity contribution is 6.06. The van der Waals surface area contributed by atoms with Crippen molar-refractivity contribution in [3.63, 3.8) is 0 Å². The number of nitrogens with zero attached hydrogens (tertiary/aromatic N) is 3. The Hall–Kier alpha value is -5.87. The van der Waals surface area contributed by atoms with Crippen molar-refractivity contribution in [2.45, 2.75) is 0 Å². The molecule has 8 rings (SSSR count). The van der Waals surface area contributed by atoms with E-state index in [1.54, 1.807) is 0 Å². The van der Waals surface area contributed by atoms with E-state index in [-0.39, 0.29) is 0 Å². The van der Waals surface area contributed by atoms with E-state index >= 15 is 0 Å². The summed E-state index contributed by atoms with van der Waals surface area (Å²) in [5.74, 6) is 0.685. The molecule has 8 aromatic rings. The minimum absolute atomic E-state index is 0.685. The summed E-state index contributed by atoms with van der Waals surface area (Å²) in [6.45, 7) is 0. The van der Waals surface area contributed by atoms with Crippen LogP contribution in [0.2, 0.25) is 0 Å². The molecule has 3 heterocycles. The predicted molar refractivity (Wildman–Crippen MR) is 174 cm³/mol. The fourth-order valence-electron chi connectivity index (χ4n) is 5.54. The third kappa shape index (κ3) is 4.75. The zero-order chi connectivity index (χ0) is 28.6. The number of benzene rings is 5. The van der Waals surface area contributed by atoms with Crippen molar-refractivity contribution in [1.29, 1.82) is 0 Å². The number of pyridine rings is 1. The fraction of sp³-hybridized carbons (Fsp3) is 0. The Morgan fingerprint density at radius 3 is 1.70 bits per heavy atom. The first-order valence-corrected chi connectivity index (χ1v) is 14.3. The molecule has 5 aromatic carbocycles. The first-order valence-electron chi connectivity index (χ1n) is 14.3. The van der Waals surface area contributed by atoms with Gasteiger partial charge in [0.25, 0.3) is 0 Å². The second-order valence-corrected chi connectivity index (χ2v) is 10.5. The van der Waals surface area contributed by atoms with Crippen molar-refractivity contribution in [3.05, 3.63) is 152 Å². The van der Waals surface area contributed by atoms with Crippen LogP contribution in [0.1, 0.15) is 0 Å². The van der Waals surface area contributed by atoms with Crippen molar-refractivity contribution in [2.24, 2.45) is 0 Å². The lowest BCUT2D eigenvalue weighted by Crippen LogP contribution is -1.96. The molecule has 0 amide bonds. The average molecular weight is 552 g/mol. The molecular formula is C39H25N3O. The van der Waals surface area contributed by atoms with Gasteiger partial charge in [-0.3, -0.25) is 4.98 Å². The number of rotatable bonds is 5. The van der Waals surface area contributed by atoms with Crippen molar-refractivity contribution in [1.82, 2.24) is 15.0 Å². The summed E-state index contributed by atoms with van der Waals surface area (Å²) in [5.41, 5.74) is 10.9. The standard InChI is InChI=1S/C39H25N3O/c1-2-8-27(9-3-1)35-25-36(42-39(41-35)30-19-17-28(18-20-30)34-11-6-7-23-40-34)29-15-13-26(14-16-29)31-21-22-38-33(24-31)32-10-4-5-12-37(32)43-38/h1-25H. The summed E-state index contributed by atoms with van der Waals surface area (Å²) in [6.07, 6.45) is 1.81. The van der Waals surface area contributed by atoms with Gasteiger partial charge in [-0.05, 0) is 47.5 Å². The second-order valence-electron chi connectivity index (χ2n) is 10.5. The van der Waals surface area contributed by atoms with Gasteiger partial charge in [0.05, 0.1) is 17.1 Å². The average Bonchev–Trinajstić information content (AvgIpc) is 3.47. The molecule has 0 aliphatic heterocycles. The van der Waals surface area contributed by atoms with Gasteiger partial charge in [0, 0.05) is 39.2 Å². The van der Waals surface area contributed by atoms with Crippen LogP contribution < -0.4 is 0 Å². The van der Waals surface area contributed by atoms with Gasteiger partial charge in [-0.2, -0.15) is 0 Å². The van der Waals surface area contributed by atoms with E-state index in [0.717, 1.165) is 72.4 Å². The zero-order valence-corrected chi connectivity index (χ0v) is 23.2. The topological polar surface area (TPSA) is 51.8 Å². The molecule has 0 atom stereocenters. The number of furan rings is 1. The summed E-state index contributed by atoms with van der Waals surface area (Å²) in [5, 5.41) is 2.25. The monoisotopic (exact) mass is 551 g/mol. The second kappa shape index (κ2) is 10.5. The van der Waals surface area contributed by atoms with Crippen LogP contribution in [-0.2, 0) is 0 Å². The van der Waals surface area contributed by atoms with Crippen LogP contribution in [0.3, 0.4) is 0 Å². The van der Waals surface area contributed by atoms with Crippen molar-refractivity contribution in [2.75, 3.05) is 0 Å². The molecule has 0 saturated heterocycles. The summed E-state index contributed by atoms with van der Waals surface area (Å²) < 4.78 is 6.03. The number of aromatic nitrogens is 3. The Bertz CT molecular complexity index is 2200. The molecule has 0 radical (unpaired) electrons. The van der Waals surface area contributed by atoms with Gasteiger partial charge in [-0.15, -0.1) is 0 Å². The summed E-state index contributed by atoms with van der Waals surface area (Å²) in [4.78, 5) is 14.5. The number of hydrogen-bond acceptors (Lipinski definition) is 4.